The molecule has 0 atom stereocenters. The molecule has 4 rings (SSSR count). The van der Waals surface area contributed by atoms with Gasteiger partial charge in [0.15, 0.2) is 11.5 Å². The molecule has 7 heteroatoms. The number of halogens is 1. The number of carbonyl (C=O) groups excluding carboxylic acids is 1. The molecule has 0 bridgehead atoms. The van der Waals surface area contributed by atoms with Crippen LogP contribution in [0.1, 0.15) is 10.4 Å². The molecule has 0 saturated carbocycles. The highest BCUT2D eigenvalue weighted by Gasteiger charge is 2.17. The van der Waals surface area contributed by atoms with Gasteiger partial charge in [-0.1, -0.05) is 11.6 Å². The van der Waals surface area contributed by atoms with Crippen LogP contribution >= 0.6 is 11.6 Å². The molecule has 1 N–H and O–H groups in total. The number of nitrogens with zero attached hydrogens (tertiary/aromatic N) is 2. The number of nitrogens with one attached hydrogen (secondary N) is 1. The normalized spacial score (nSPS) is 13.1. The van der Waals surface area contributed by atoms with Gasteiger partial charge in [0.05, 0.1) is 28.8 Å². The minimum absolute atomic E-state index is 0.257. The molecule has 1 aliphatic heterocycles. The highest BCUT2D eigenvalue weighted by atomic mass is 35.5. The van der Waals surface area contributed by atoms with E-state index in [0.29, 0.717) is 41.0 Å². The fraction of sp³-hybridized carbons (Fsp3) is 0.125. The molecule has 23 heavy (non-hydrogen) atoms. The number of fused-ring (bicyclic) bond motifs is 2. The minimum atomic E-state index is -0.257. The van der Waals surface area contributed by atoms with Crippen LogP contribution in [0.5, 0.6) is 11.5 Å². The molecule has 1 amide bonds. The first-order chi connectivity index (χ1) is 11.2. The molecule has 0 radical (unpaired) electrons. The topological polar surface area (TPSA) is 64.9 Å². The molecule has 0 unspecified atom stereocenters. The van der Waals surface area contributed by atoms with Gasteiger partial charge in [-0.2, -0.15) is 0 Å². The maximum atomic E-state index is 12.4. The van der Waals surface area contributed by atoms with E-state index < -0.39 is 0 Å². The number of pyridine rings is 1. The van der Waals surface area contributed by atoms with E-state index in [1.807, 2.05) is 4.40 Å². The Labute approximate surface area is 136 Å². The molecule has 2 aromatic heterocycles. The predicted molar refractivity (Wildman–Crippen MR) is 85.6 cm³/mol. The van der Waals surface area contributed by atoms with E-state index >= 15 is 0 Å². The van der Waals surface area contributed by atoms with Crippen molar-refractivity contribution < 1.29 is 14.3 Å². The third-order valence-electron chi connectivity index (χ3n) is 3.56. The molecular weight excluding hydrogens is 318 g/mol. The second-order valence-corrected chi connectivity index (χ2v) is 5.48. The van der Waals surface area contributed by atoms with Crippen molar-refractivity contribution in [3.8, 4) is 11.5 Å². The van der Waals surface area contributed by atoms with Gasteiger partial charge in [0.25, 0.3) is 5.91 Å². The molecule has 1 aromatic carbocycles. The number of amides is 1. The van der Waals surface area contributed by atoms with Crippen LogP contribution in [-0.4, -0.2) is 28.5 Å². The Kier molecular flexibility index (Phi) is 3.31. The molecule has 3 aromatic rings. The molecule has 116 valence electrons. The number of rotatable bonds is 2. The van der Waals surface area contributed by atoms with Crippen LogP contribution in [0, 0.1) is 0 Å². The minimum Gasteiger partial charge on any atom is -0.486 e. The van der Waals surface area contributed by atoms with Crippen molar-refractivity contribution in [1.29, 1.82) is 0 Å². The molecule has 0 spiro atoms. The zero-order valence-electron chi connectivity index (χ0n) is 12.0. The molecular formula is C16H12ClN3O3. The van der Waals surface area contributed by atoms with E-state index in [-0.39, 0.29) is 5.91 Å². The third-order valence-corrected chi connectivity index (χ3v) is 3.87. The average molecular weight is 330 g/mol. The number of aromatic nitrogens is 2. The van der Waals surface area contributed by atoms with Gasteiger partial charge in [-0.05, 0) is 12.1 Å². The summed E-state index contributed by atoms with van der Waals surface area (Å²) in [6.07, 6.45) is 5.14. The SMILES string of the molecule is O=C(Nc1cc2c(cc1Cl)OCCO2)c1ccn2cncc2c1. The lowest BCUT2D eigenvalue weighted by molar-refractivity contribution is 0.102. The highest BCUT2D eigenvalue weighted by molar-refractivity contribution is 6.34. The summed E-state index contributed by atoms with van der Waals surface area (Å²) in [6.45, 7) is 0.959. The largest absolute Gasteiger partial charge is 0.486 e. The van der Waals surface area contributed by atoms with Crippen molar-refractivity contribution in [2.45, 2.75) is 0 Å². The van der Waals surface area contributed by atoms with Crippen LogP contribution in [0.4, 0.5) is 5.69 Å². The Balaban J connectivity index is 1.63. The second-order valence-electron chi connectivity index (χ2n) is 5.07. The van der Waals surface area contributed by atoms with Crippen LogP contribution in [0.2, 0.25) is 5.02 Å². The van der Waals surface area contributed by atoms with Crippen molar-refractivity contribution in [1.82, 2.24) is 9.38 Å². The first-order valence-corrected chi connectivity index (χ1v) is 7.41. The van der Waals surface area contributed by atoms with Crippen LogP contribution in [0.25, 0.3) is 5.52 Å². The monoisotopic (exact) mass is 329 g/mol. The van der Waals surface area contributed by atoms with Crippen molar-refractivity contribution in [3.05, 3.63) is 53.6 Å². The zero-order valence-corrected chi connectivity index (χ0v) is 12.7. The lowest BCUT2D eigenvalue weighted by Crippen LogP contribution is -2.17. The molecule has 6 nitrogen and oxygen atoms in total. The summed E-state index contributed by atoms with van der Waals surface area (Å²) in [6, 6.07) is 6.79. The van der Waals surface area contributed by atoms with Crippen molar-refractivity contribution in [3.63, 3.8) is 0 Å². The van der Waals surface area contributed by atoms with E-state index in [2.05, 4.69) is 10.3 Å². The number of imidazole rings is 1. The number of hydrogen-bond donors (Lipinski definition) is 1. The smallest absolute Gasteiger partial charge is 0.255 e. The van der Waals surface area contributed by atoms with E-state index in [1.165, 1.54) is 0 Å². The van der Waals surface area contributed by atoms with Gasteiger partial charge in [-0.15, -0.1) is 0 Å². The third kappa shape index (κ3) is 2.57. The molecule has 0 saturated heterocycles. The summed E-state index contributed by atoms with van der Waals surface area (Å²) in [4.78, 5) is 16.5. The summed E-state index contributed by atoms with van der Waals surface area (Å²) >= 11 is 6.21. The Morgan fingerprint density at radius 3 is 2.83 bits per heavy atom. The first-order valence-electron chi connectivity index (χ1n) is 7.03. The maximum Gasteiger partial charge on any atom is 0.255 e. The van der Waals surface area contributed by atoms with Gasteiger partial charge in [0.1, 0.15) is 13.2 Å². The lowest BCUT2D eigenvalue weighted by Gasteiger charge is -2.20. The predicted octanol–water partition coefficient (Wildman–Crippen LogP) is 3.01. The van der Waals surface area contributed by atoms with Gasteiger partial charge in [0.2, 0.25) is 0 Å². The fourth-order valence-corrected chi connectivity index (χ4v) is 2.62. The first kappa shape index (κ1) is 13.9. The van der Waals surface area contributed by atoms with E-state index in [0.717, 1.165) is 5.52 Å². The van der Waals surface area contributed by atoms with Gasteiger partial charge < -0.3 is 19.2 Å². The summed E-state index contributed by atoms with van der Waals surface area (Å²) < 4.78 is 12.8. The van der Waals surface area contributed by atoms with Crippen LogP contribution in [-0.2, 0) is 0 Å². The summed E-state index contributed by atoms with van der Waals surface area (Å²) in [5.41, 5.74) is 1.84. The number of carbonyl (C=O) groups is 1. The average Bonchev–Trinajstić information content (AvgIpc) is 3.03. The summed E-state index contributed by atoms with van der Waals surface area (Å²) in [7, 11) is 0. The fourth-order valence-electron chi connectivity index (χ4n) is 2.41. The van der Waals surface area contributed by atoms with Crippen LogP contribution in [0.3, 0.4) is 0 Å². The van der Waals surface area contributed by atoms with Crippen LogP contribution < -0.4 is 14.8 Å². The molecule has 0 aliphatic carbocycles. The summed E-state index contributed by atoms with van der Waals surface area (Å²) in [5.74, 6) is 0.898. The van der Waals surface area contributed by atoms with E-state index in [1.54, 1.807) is 43.0 Å². The maximum absolute atomic E-state index is 12.4. The van der Waals surface area contributed by atoms with Crippen molar-refractivity contribution in [2.24, 2.45) is 0 Å². The number of ether oxygens (including phenoxy) is 2. The Hall–Kier alpha value is -2.73. The van der Waals surface area contributed by atoms with Gasteiger partial charge in [0, 0.05) is 23.9 Å². The second kappa shape index (κ2) is 5.48. The van der Waals surface area contributed by atoms with Crippen molar-refractivity contribution >= 4 is 28.7 Å². The van der Waals surface area contributed by atoms with Gasteiger partial charge in [-0.3, -0.25) is 4.79 Å². The van der Waals surface area contributed by atoms with E-state index in [4.69, 9.17) is 21.1 Å². The highest BCUT2D eigenvalue weighted by Crippen LogP contribution is 2.38. The number of anilines is 1. The van der Waals surface area contributed by atoms with Gasteiger partial charge in [-0.25, -0.2) is 4.98 Å². The van der Waals surface area contributed by atoms with Gasteiger partial charge >= 0.3 is 0 Å². The van der Waals surface area contributed by atoms with Crippen LogP contribution in [0.15, 0.2) is 43.0 Å². The van der Waals surface area contributed by atoms with E-state index in [9.17, 15) is 4.79 Å². The summed E-state index contributed by atoms with van der Waals surface area (Å²) in [5, 5.41) is 3.19. The molecule has 3 heterocycles. The molecule has 0 fully saturated rings. The zero-order chi connectivity index (χ0) is 15.8. The Morgan fingerprint density at radius 2 is 2.00 bits per heavy atom. The Morgan fingerprint density at radius 1 is 1.22 bits per heavy atom. The quantitative estimate of drug-likeness (QED) is 0.785. The Bertz CT molecular complexity index is 907. The number of hydrogen-bond acceptors (Lipinski definition) is 4. The molecule has 1 aliphatic rings. The standard InChI is InChI=1S/C16H12ClN3O3/c17-12-6-14-15(23-4-3-22-14)7-13(12)19-16(21)10-1-2-20-9-18-8-11(20)5-10/h1-2,5-9H,3-4H2,(H,19,21). The van der Waals surface area contributed by atoms with Crippen molar-refractivity contribution in [2.75, 3.05) is 18.5 Å². The number of benzene rings is 1. The lowest BCUT2D eigenvalue weighted by atomic mass is 10.2.